The molecule has 4 rings (SSSR count). The fourth-order valence-electron chi connectivity index (χ4n) is 5.01. The number of hydrazine groups is 1. The number of methoxy groups -OCH3 is 1. The highest BCUT2D eigenvalue weighted by atomic mass is 16.5. The summed E-state index contributed by atoms with van der Waals surface area (Å²) < 4.78 is 5.40. The van der Waals surface area contributed by atoms with Gasteiger partial charge in [0.15, 0.2) is 0 Å². The van der Waals surface area contributed by atoms with E-state index in [-0.39, 0.29) is 18.5 Å². The number of carbonyl (C=O) groups excluding carboxylic acids is 3. The molecule has 4 amide bonds. The van der Waals surface area contributed by atoms with Crippen molar-refractivity contribution in [3.63, 3.8) is 0 Å². The monoisotopic (exact) mass is 465 g/mol. The highest BCUT2D eigenvalue weighted by molar-refractivity contribution is 6.04. The first-order valence-electron chi connectivity index (χ1n) is 11.5. The number of anilines is 2. The van der Waals surface area contributed by atoms with Crippen LogP contribution in [-0.2, 0) is 11.3 Å². The Morgan fingerprint density at radius 2 is 1.82 bits per heavy atom. The molecule has 0 unspecified atom stereocenters. The Balaban J connectivity index is 1.67. The highest BCUT2D eigenvalue weighted by Gasteiger charge is 2.48. The van der Waals surface area contributed by atoms with Crippen LogP contribution in [0.1, 0.15) is 59.2 Å². The number of benzene rings is 2. The third kappa shape index (κ3) is 4.19. The first-order valence-corrected chi connectivity index (χ1v) is 11.5. The van der Waals surface area contributed by atoms with Gasteiger partial charge in [-0.2, -0.15) is 0 Å². The van der Waals surface area contributed by atoms with Gasteiger partial charge in [0.2, 0.25) is 5.91 Å². The van der Waals surface area contributed by atoms with Gasteiger partial charge >= 0.3 is 6.03 Å². The fourth-order valence-corrected chi connectivity index (χ4v) is 5.01. The van der Waals surface area contributed by atoms with Crippen LogP contribution in [0.3, 0.4) is 0 Å². The van der Waals surface area contributed by atoms with Crippen LogP contribution in [-0.4, -0.2) is 35.4 Å². The van der Waals surface area contributed by atoms with Crippen molar-refractivity contribution in [2.24, 2.45) is 5.84 Å². The number of nitrogens with zero attached hydrogens (tertiary/aromatic N) is 1. The second-order valence-electron chi connectivity index (χ2n) is 9.04. The summed E-state index contributed by atoms with van der Waals surface area (Å²) in [6, 6.07) is 8.53. The quantitative estimate of drug-likeness (QED) is 0.305. The van der Waals surface area contributed by atoms with Crippen molar-refractivity contribution in [2.45, 2.75) is 58.0 Å². The molecule has 2 aromatic carbocycles. The molecule has 0 spiro atoms. The Morgan fingerprint density at radius 1 is 1.09 bits per heavy atom. The van der Waals surface area contributed by atoms with Crippen LogP contribution < -0.4 is 26.6 Å². The number of ether oxygens (including phenoxy) is 1. The molecule has 9 heteroatoms. The predicted molar refractivity (Wildman–Crippen MR) is 130 cm³/mol. The average molecular weight is 466 g/mol. The van der Waals surface area contributed by atoms with Crippen molar-refractivity contribution in [2.75, 3.05) is 17.7 Å². The maximum Gasteiger partial charge on any atom is 0.323 e. The SMILES string of the molecule is COc1cc(NC(=O)C2(N3Cc4c(C)cc(C(=O)NN)cc4NC3=O)CCCCC2)ccc1C. The minimum absolute atomic E-state index is 0.200. The Bertz CT molecular complexity index is 1140. The van der Waals surface area contributed by atoms with E-state index in [0.717, 1.165) is 36.0 Å². The molecule has 0 aromatic heterocycles. The van der Waals surface area contributed by atoms with Crippen LogP contribution in [0.25, 0.3) is 0 Å². The topological polar surface area (TPSA) is 126 Å². The summed E-state index contributed by atoms with van der Waals surface area (Å²) in [6.07, 6.45) is 3.90. The third-order valence-corrected chi connectivity index (χ3v) is 6.96. The van der Waals surface area contributed by atoms with Crippen molar-refractivity contribution in [1.29, 1.82) is 0 Å². The number of nitrogens with two attached hydrogens (primary N) is 1. The maximum absolute atomic E-state index is 13.8. The number of hydrogen-bond acceptors (Lipinski definition) is 5. The van der Waals surface area contributed by atoms with Crippen LogP contribution in [0.4, 0.5) is 16.2 Å². The lowest BCUT2D eigenvalue weighted by molar-refractivity contribution is -0.128. The largest absolute Gasteiger partial charge is 0.496 e. The number of aryl methyl sites for hydroxylation is 2. The minimum Gasteiger partial charge on any atom is -0.496 e. The zero-order chi connectivity index (χ0) is 24.5. The summed E-state index contributed by atoms with van der Waals surface area (Å²) in [6.45, 7) is 4.10. The number of carbonyl (C=O) groups is 3. The van der Waals surface area contributed by atoms with Gasteiger partial charge in [0.05, 0.1) is 13.7 Å². The third-order valence-electron chi connectivity index (χ3n) is 6.96. The van der Waals surface area contributed by atoms with E-state index in [1.807, 2.05) is 26.0 Å². The molecule has 0 saturated heterocycles. The Morgan fingerprint density at radius 3 is 2.50 bits per heavy atom. The Kier molecular flexibility index (Phi) is 6.47. The summed E-state index contributed by atoms with van der Waals surface area (Å²) in [7, 11) is 1.59. The Labute approximate surface area is 199 Å². The molecule has 1 aliphatic heterocycles. The highest BCUT2D eigenvalue weighted by Crippen LogP contribution is 2.40. The van der Waals surface area contributed by atoms with Crippen molar-refractivity contribution < 1.29 is 19.1 Å². The lowest BCUT2D eigenvalue weighted by Gasteiger charge is -2.47. The van der Waals surface area contributed by atoms with Gasteiger partial charge in [-0.25, -0.2) is 10.6 Å². The number of amides is 4. The van der Waals surface area contributed by atoms with Gasteiger partial charge in [-0.05, 0) is 61.6 Å². The van der Waals surface area contributed by atoms with E-state index >= 15 is 0 Å². The zero-order valence-electron chi connectivity index (χ0n) is 19.8. The van der Waals surface area contributed by atoms with Crippen molar-refractivity contribution in [3.8, 4) is 5.75 Å². The molecule has 5 N–H and O–H groups in total. The molecule has 34 heavy (non-hydrogen) atoms. The summed E-state index contributed by atoms with van der Waals surface area (Å²) in [4.78, 5) is 40.7. The summed E-state index contributed by atoms with van der Waals surface area (Å²) >= 11 is 0. The molecule has 0 atom stereocenters. The van der Waals surface area contributed by atoms with Gasteiger partial charge in [0.1, 0.15) is 11.3 Å². The maximum atomic E-state index is 13.8. The van der Waals surface area contributed by atoms with Gasteiger partial charge in [0.25, 0.3) is 5.91 Å². The molecule has 1 fully saturated rings. The molecular weight excluding hydrogens is 434 g/mol. The molecule has 1 heterocycles. The molecular formula is C25H31N5O4. The van der Waals surface area contributed by atoms with E-state index in [0.29, 0.717) is 35.5 Å². The lowest BCUT2D eigenvalue weighted by atomic mass is 9.78. The standard InChI is InChI=1S/C25H31N5O4/c1-15-7-8-18(13-21(15)34-3)27-23(32)25(9-5-4-6-10-25)30-14-19-16(2)11-17(22(31)29-26)12-20(19)28-24(30)33/h7-8,11-13H,4-6,9-10,14,26H2,1-3H3,(H,27,32)(H,28,33)(H,29,31). The zero-order valence-corrected chi connectivity index (χ0v) is 19.8. The second-order valence-corrected chi connectivity index (χ2v) is 9.04. The summed E-state index contributed by atoms with van der Waals surface area (Å²) in [5.41, 5.74) is 5.40. The van der Waals surface area contributed by atoms with E-state index in [1.165, 1.54) is 0 Å². The first kappa shape index (κ1) is 23.6. The van der Waals surface area contributed by atoms with Gasteiger partial charge < -0.3 is 20.3 Å². The minimum atomic E-state index is -0.974. The summed E-state index contributed by atoms with van der Waals surface area (Å²) in [5, 5.41) is 5.94. The van der Waals surface area contributed by atoms with E-state index in [2.05, 4.69) is 16.1 Å². The molecule has 1 saturated carbocycles. The normalized spacial score (nSPS) is 16.8. The van der Waals surface area contributed by atoms with Crippen LogP contribution in [0.5, 0.6) is 5.75 Å². The molecule has 0 bridgehead atoms. The van der Waals surface area contributed by atoms with Crippen molar-refractivity contribution in [1.82, 2.24) is 10.3 Å². The van der Waals surface area contributed by atoms with E-state index in [9.17, 15) is 14.4 Å². The second kappa shape index (κ2) is 9.34. The van der Waals surface area contributed by atoms with Gasteiger partial charge in [-0.15, -0.1) is 0 Å². The van der Waals surface area contributed by atoms with Gasteiger partial charge in [0, 0.05) is 23.0 Å². The molecule has 2 aliphatic rings. The molecule has 180 valence electrons. The van der Waals surface area contributed by atoms with E-state index < -0.39 is 11.4 Å². The average Bonchev–Trinajstić information content (AvgIpc) is 2.84. The van der Waals surface area contributed by atoms with E-state index in [4.69, 9.17) is 10.6 Å². The van der Waals surface area contributed by atoms with Crippen LogP contribution in [0.2, 0.25) is 0 Å². The van der Waals surface area contributed by atoms with E-state index in [1.54, 1.807) is 30.2 Å². The van der Waals surface area contributed by atoms with Gasteiger partial charge in [-0.3, -0.25) is 15.0 Å². The summed E-state index contributed by atoms with van der Waals surface area (Å²) in [5.74, 6) is 5.33. The number of nitrogen functional groups attached to an aromatic ring is 1. The molecule has 9 nitrogen and oxygen atoms in total. The van der Waals surface area contributed by atoms with Crippen molar-refractivity contribution in [3.05, 3.63) is 52.6 Å². The van der Waals surface area contributed by atoms with Crippen LogP contribution >= 0.6 is 0 Å². The predicted octanol–water partition coefficient (Wildman–Crippen LogP) is 3.60. The smallest absolute Gasteiger partial charge is 0.323 e. The number of nitrogens with one attached hydrogen (secondary N) is 3. The lowest BCUT2D eigenvalue weighted by Crippen LogP contribution is -2.61. The van der Waals surface area contributed by atoms with Gasteiger partial charge in [-0.1, -0.05) is 25.3 Å². The number of fused-ring (bicyclic) bond motifs is 1. The van der Waals surface area contributed by atoms with Crippen LogP contribution in [0, 0.1) is 13.8 Å². The number of rotatable bonds is 5. The Hall–Kier alpha value is -3.59. The fraction of sp³-hybridized carbons (Fsp3) is 0.400. The van der Waals surface area contributed by atoms with Crippen molar-refractivity contribution >= 4 is 29.2 Å². The first-order chi connectivity index (χ1) is 16.3. The molecule has 0 radical (unpaired) electrons. The number of hydrogen-bond donors (Lipinski definition) is 4. The molecule has 2 aromatic rings. The number of urea groups is 1. The van der Waals surface area contributed by atoms with Crippen LogP contribution in [0.15, 0.2) is 30.3 Å². The molecule has 1 aliphatic carbocycles.